The van der Waals surface area contributed by atoms with Crippen LogP contribution in [0.1, 0.15) is 101 Å². The minimum Gasteiger partial charge on any atom is -0.354 e. The molecule has 0 N–H and O–H groups in total. The Labute approximate surface area is 165 Å². The van der Waals surface area contributed by atoms with Crippen molar-refractivity contribution in [3.8, 4) is 0 Å². The molecular weight excluding hydrogens is 321 g/mol. The molecule has 3 nitrogen and oxygen atoms in total. The molecule has 0 aliphatic heterocycles. The van der Waals surface area contributed by atoms with Crippen molar-refractivity contribution in [2.75, 3.05) is 19.6 Å². The molecule has 0 radical (unpaired) electrons. The molecule has 150 valence electrons. The molecule has 0 rings (SSSR count). The van der Waals surface area contributed by atoms with Gasteiger partial charge in [-0.05, 0) is 76.3 Å². The summed E-state index contributed by atoms with van der Waals surface area (Å²) < 4.78 is 8.80. The minimum absolute atomic E-state index is 0.684. The quantitative estimate of drug-likeness (QED) is 0.353. The van der Waals surface area contributed by atoms with Gasteiger partial charge in [-0.1, -0.05) is 62.3 Å². The number of hydrogen-bond donors (Lipinski definition) is 0. The second kappa shape index (κ2) is 14.5. The van der Waals surface area contributed by atoms with Crippen LogP contribution >= 0.6 is 0 Å². The van der Waals surface area contributed by atoms with Gasteiger partial charge in [0, 0.05) is 0 Å². The average Bonchev–Trinajstić information content (AvgIpc) is 2.63. The first-order valence-electron chi connectivity index (χ1n) is 11.2. The van der Waals surface area contributed by atoms with Crippen molar-refractivity contribution in [3.63, 3.8) is 0 Å². The molecular formula is C21H48AlN3. The van der Waals surface area contributed by atoms with E-state index in [2.05, 4.69) is 74.0 Å². The highest BCUT2D eigenvalue weighted by molar-refractivity contribution is 6.50. The van der Waals surface area contributed by atoms with E-state index < -0.39 is 14.8 Å². The first-order chi connectivity index (χ1) is 11.9. The summed E-state index contributed by atoms with van der Waals surface area (Å²) in [7, 11) is 0. The topological polar surface area (TPSA) is 9.72 Å². The van der Waals surface area contributed by atoms with Gasteiger partial charge in [-0.3, -0.25) is 0 Å². The Balaban J connectivity index is 6.00. The van der Waals surface area contributed by atoms with Gasteiger partial charge in [0.1, 0.15) is 0 Å². The Morgan fingerprint density at radius 2 is 0.760 bits per heavy atom. The third-order valence-corrected chi connectivity index (χ3v) is 9.89. The molecule has 0 bridgehead atoms. The fraction of sp³-hybridized carbons (Fsp3) is 1.00. The summed E-state index contributed by atoms with van der Waals surface area (Å²) in [5.74, 6) is 0. The summed E-state index contributed by atoms with van der Waals surface area (Å²) in [6.45, 7) is 25.2. The number of nitrogens with zero attached hydrogens (tertiary/aromatic N) is 3. The Bertz CT molecular complexity index is 266. The van der Waals surface area contributed by atoms with Crippen LogP contribution in [0.5, 0.6) is 0 Å². The summed E-state index contributed by atoms with van der Waals surface area (Å²) in [6, 6.07) is 2.05. The molecule has 0 saturated carbocycles. The molecule has 0 heterocycles. The molecule has 3 atom stereocenters. The van der Waals surface area contributed by atoms with E-state index in [-0.39, 0.29) is 0 Å². The van der Waals surface area contributed by atoms with Gasteiger partial charge >= 0.3 is 14.8 Å². The van der Waals surface area contributed by atoms with Crippen LogP contribution in [-0.4, -0.2) is 64.2 Å². The standard InChI is InChI=1S/3C7H16N.Al/c3*1-4-6-8-7(3)5-2;/h3*7H,4-6H2,1-3H3;/q3*-1;+3. The summed E-state index contributed by atoms with van der Waals surface area (Å²) in [6.07, 6.45) is 7.54. The molecule has 3 unspecified atom stereocenters. The van der Waals surface area contributed by atoms with Crippen molar-refractivity contribution in [2.45, 2.75) is 119 Å². The zero-order chi connectivity index (χ0) is 19.4. The summed E-state index contributed by atoms with van der Waals surface area (Å²) in [4.78, 5) is 0. The Morgan fingerprint density at radius 1 is 0.520 bits per heavy atom. The van der Waals surface area contributed by atoms with Gasteiger partial charge in [-0.25, -0.2) is 0 Å². The highest BCUT2D eigenvalue weighted by Gasteiger charge is 2.45. The van der Waals surface area contributed by atoms with Crippen LogP contribution in [0.25, 0.3) is 0 Å². The molecule has 0 aliphatic rings. The van der Waals surface area contributed by atoms with E-state index >= 15 is 0 Å². The molecule has 0 aliphatic carbocycles. The van der Waals surface area contributed by atoms with Gasteiger partial charge in [-0.2, -0.15) is 0 Å². The second-order valence-corrected chi connectivity index (χ2v) is 10.5. The van der Waals surface area contributed by atoms with Crippen LogP contribution in [0.15, 0.2) is 0 Å². The van der Waals surface area contributed by atoms with E-state index in [0.29, 0.717) is 18.1 Å². The fourth-order valence-electron chi connectivity index (χ4n) is 3.74. The van der Waals surface area contributed by atoms with Crippen molar-refractivity contribution < 1.29 is 0 Å². The molecule has 0 aromatic heterocycles. The fourth-order valence-corrected chi connectivity index (χ4v) is 8.35. The Kier molecular flexibility index (Phi) is 14.7. The average molecular weight is 370 g/mol. The maximum atomic E-state index is 2.93. The smallest absolute Gasteiger partial charge is 0.354 e. The largest absolute Gasteiger partial charge is 0.609 e. The van der Waals surface area contributed by atoms with Crippen molar-refractivity contribution in [1.82, 2.24) is 11.7 Å². The maximum Gasteiger partial charge on any atom is 0.609 e. The van der Waals surface area contributed by atoms with Crippen LogP contribution in [0.2, 0.25) is 0 Å². The molecule has 0 aromatic carbocycles. The zero-order valence-corrected chi connectivity index (χ0v) is 20.2. The highest BCUT2D eigenvalue weighted by Crippen LogP contribution is 2.21. The van der Waals surface area contributed by atoms with E-state index in [1.807, 2.05) is 0 Å². The highest BCUT2D eigenvalue weighted by atomic mass is 27.2. The predicted molar refractivity (Wildman–Crippen MR) is 116 cm³/mol. The number of hydrogen-bond acceptors (Lipinski definition) is 3. The van der Waals surface area contributed by atoms with Gasteiger partial charge < -0.3 is 11.7 Å². The van der Waals surface area contributed by atoms with Crippen molar-refractivity contribution in [1.29, 1.82) is 0 Å². The molecule has 25 heavy (non-hydrogen) atoms. The maximum absolute atomic E-state index is 2.93. The summed E-state index contributed by atoms with van der Waals surface area (Å²) in [5.41, 5.74) is 0. The molecule has 0 spiro atoms. The van der Waals surface area contributed by atoms with Crippen molar-refractivity contribution in [2.24, 2.45) is 0 Å². The van der Waals surface area contributed by atoms with Crippen molar-refractivity contribution >= 4 is 14.8 Å². The minimum atomic E-state index is -1.36. The molecule has 0 aromatic rings. The molecule has 0 fully saturated rings. The van der Waals surface area contributed by atoms with Crippen LogP contribution in [-0.2, 0) is 0 Å². The van der Waals surface area contributed by atoms with Crippen LogP contribution in [0.4, 0.5) is 0 Å². The lowest BCUT2D eigenvalue weighted by Crippen LogP contribution is -2.68. The van der Waals surface area contributed by atoms with Crippen molar-refractivity contribution in [3.05, 3.63) is 0 Å². The predicted octanol–water partition coefficient (Wildman–Crippen LogP) is 5.50. The first kappa shape index (κ1) is 25.4. The second-order valence-electron chi connectivity index (χ2n) is 7.83. The first-order valence-corrected chi connectivity index (χ1v) is 12.7. The van der Waals surface area contributed by atoms with Gasteiger partial charge in [-0.15, -0.1) is 0 Å². The van der Waals surface area contributed by atoms with E-state index in [0.717, 1.165) is 0 Å². The van der Waals surface area contributed by atoms with Gasteiger partial charge in [0.05, 0.1) is 0 Å². The van der Waals surface area contributed by atoms with Gasteiger partial charge in [0.15, 0.2) is 0 Å². The van der Waals surface area contributed by atoms with Crippen LogP contribution < -0.4 is 0 Å². The zero-order valence-electron chi connectivity index (χ0n) is 19.0. The SMILES string of the molecule is CCC[N](C(C)CC)[Al]([N](CCC)C(C)CC)[N](CCC)C(C)CC. The summed E-state index contributed by atoms with van der Waals surface area (Å²) in [5, 5.41) is 0. The van der Waals surface area contributed by atoms with Gasteiger partial charge in [0.2, 0.25) is 0 Å². The molecule has 0 saturated heterocycles. The van der Waals surface area contributed by atoms with E-state index in [4.69, 9.17) is 0 Å². The molecule has 0 amide bonds. The van der Waals surface area contributed by atoms with Crippen LogP contribution in [0, 0.1) is 0 Å². The summed E-state index contributed by atoms with van der Waals surface area (Å²) >= 11 is -1.36. The van der Waals surface area contributed by atoms with E-state index in [1.54, 1.807) is 0 Å². The Morgan fingerprint density at radius 3 is 0.920 bits per heavy atom. The lowest BCUT2D eigenvalue weighted by atomic mass is 10.2. The third kappa shape index (κ3) is 7.89. The Hall–Kier alpha value is 0.412. The van der Waals surface area contributed by atoms with Crippen LogP contribution in [0.3, 0.4) is 0 Å². The normalized spacial score (nSPS) is 15.8. The lowest BCUT2D eigenvalue weighted by molar-refractivity contribution is 0.183. The number of rotatable bonds is 15. The third-order valence-electron chi connectivity index (χ3n) is 5.81. The lowest BCUT2D eigenvalue weighted by Gasteiger charge is -2.48. The van der Waals surface area contributed by atoms with E-state index in [1.165, 1.54) is 58.2 Å². The van der Waals surface area contributed by atoms with Gasteiger partial charge in [0.25, 0.3) is 0 Å². The molecule has 4 heteroatoms. The monoisotopic (exact) mass is 369 g/mol. The van der Waals surface area contributed by atoms with E-state index in [9.17, 15) is 0 Å².